The van der Waals surface area contributed by atoms with Crippen LogP contribution in [0.15, 0.2) is 35.2 Å². The Kier molecular flexibility index (Phi) is 5.94. The molecule has 0 atom stereocenters. The third-order valence-corrected chi connectivity index (χ3v) is 6.51. The van der Waals surface area contributed by atoms with Gasteiger partial charge in [-0.2, -0.15) is 0 Å². The van der Waals surface area contributed by atoms with Gasteiger partial charge in [0, 0.05) is 19.3 Å². The smallest absolute Gasteiger partial charge is 0.257 e. The van der Waals surface area contributed by atoms with Crippen molar-refractivity contribution < 1.29 is 17.9 Å². The van der Waals surface area contributed by atoms with Crippen molar-refractivity contribution >= 4 is 38.9 Å². The summed E-state index contributed by atoms with van der Waals surface area (Å²) in [5.41, 5.74) is 2.10. The molecule has 0 spiro atoms. The molecule has 0 saturated heterocycles. The molecule has 0 bridgehead atoms. The van der Waals surface area contributed by atoms with Gasteiger partial charge in [0.05, 0.1) is 26.6 Å². The van der Waals surface area contributed by atoms with Gasteiger partial charge in [0.1, 0.15) is 5.75 Å². The van der Waals surface area contributed by atoms with Crippen molar-refractivity contribution in [3.8, 4) is 5.75 Å². The lowest BCUT2D eigenvalue weighted by molar-refractivity contribution is 0.0728. The molecule has 3 rings (SSSR count). The average molecular weight is 442 g/mol. The molecule has 0 N–H and O–H groups in total. The highest BCUT2D eigenvalue weighted by molar-refractivity contribution is 7.90. The van der Waals surface area contributed by atoms with Crippen LogP contribution in [0.25, 0.3) is 0 Å². The minimum Gasteiger partial charge on any atom is -0.490 e. The molecular formula is C20H21Cl2NO4S. The maximum Gasteiger partial charge on any atom is 0.257 e. The van der Waals surface area contributed by atoms with E-state index in [0.29, 0.717) is 35.3 Å². The van der Waals surface area contributed by atoms with E-state index in [9.17, 15) is 13.2 Å². The molecular weight excluding hydrogens is 421 g/mol. The standard InChI is InChI=1S/C20H21Cl2NO4S/c1-12(2)27-18-7-5-14(28(3,25)26)10-15(18)20(24)23-9-8-13-4-6-17(21)19(22)16(13)11-23/h4-7,10,12H,8-9,11H2,1-3H3. The second-order valence-electron chi connectivity index (χ2n) is 7.07. The number of nitrogens with zero attached hydrogens (tertiary/aromatic N) is 1. The van der Waals surface area contributed by atoms with Crippen LogP contribution in [0, 0.1) is 0 Å². The van der Waals surface area contributed by atoms with Gasteiger partial charge in [-0.25, -0.2) is 8.42 Å². The van der Waals surface area contributed by atoms with Crippen LogP contribution < -0.4 is 4.74 Å². The van der Waals surface area contributed by atoms with Crippen molar-refractivity contribution in [2.75, 3.05) is 12.8 Å². The summed E-state index contributed by atoms with van der Waals surface area (Å²) in [6.07, 6.45) is 1.59. The summed E-state index contributed by atoms with van der Waals surface area (Å²) < 4.78 is 29.7. The molecule has 5 nitrogen and oxygen atoms in total. The minimum absolute atomic E-state index is 0.0745. The largest absolute Gasteiger partial charge is 0.490 e. The Morgan fingerprint density at radius 3 is 2.54 bits per heavy atom. The normalized spacial score (nSPS) is 14.1. The second-order valence-corrected chi connectivity index (χ2v) is 9.87. The first-order valence-corrected chi connectivity index (χ1v) is 11.5. The molecule has 8 heteroatoms. The maximum atomic E-state index is 13.3. The van der Waals surface area contributed by atoms with Gasteiger partial charge < -0.3 is 9.64 Å². The second kappa shape index (κ2) is 7.93. The molecule has 1 aliphatic rings. The van der Waals surface area contributed by atoms with E-state index < -0.39 is 9.84 Å². The SMILES string of the molecule is CC(C)Oc1ccc(S(C)(=O)=O)cc1C(=O)N1CCc2ccc(Cl)c(Cl)c2C1. The van der Waals surface area contributed by atoms with Gasteiger partial charge in [-0.1, -0.05) is 29.3 Å². The number of hydrogen-bond donors (Lipinski definition) is 0. The van der Waals surface area contributed by atoms with E-state index in [1.165, 1.54) is 18.2 Å². The topological polar surface area (TPSA) is 63.7 Å². The Balaban J connectivity index is 2.00. The van der Waals surface area contributed by atoms with Gasteiger partial charge in [-0.05, 0) is 55.7 Å². The van der Waals surface area contributed by atoms with E-state index in [-0.39, 0.29) is 22.5 Å². The highest BCUT2D eigenvalue weighted by atomic mass is 35.5. The molecule has 0 unspecified atom stereocenters. The lowest BCUT2D eigenvalue weighted by Gasteiger charge is -2.30. The predicted molar refractivity (Wildman–Crippen MR) is 110 cm³/mol. The minimum atomic E-state index is -3.46. The van der Waals surface area contributed by atoms with E-state index >= 15 is 0 Å². The van der Waals surface area contributed by atoms with Gasteiger partial charge >= 0.3 is 0 Å². The van der Waals surface area contributed by atoms with Gasteiger partial charge in [-0.15, -0.1) is 0 Å². The van der Waals surface area contributed by atoms with Gasteiger partial charge in [0.15, 0.2) is 9.84 Å². The molecule has 0 aliphatic carbocycles. The van der Waals surface area contributed by atoms with Crippen molar-refractivity contribution in [2.24, 2.45) is 0 Å². The molecule has 1 aliphatic heterocycles. The predicted octanol–water partition coefficient (Wildman–Crippen LogP) is 4.38. The van der Waals surface area contributed by atoms with Crippen LogP contribution in [0.1, 0.15) is 35.3 Å². The van der Waals surface area contributed by atoms with Gasteiger partial charge in [-0.3, -0.25) is 4.79 Å². The summed E-state index contributed by atoms with van der Waals surface area (Å²) in [6.45, 7) is 4.49. The fourth-order valence-electron chi connectivity index (χ4n) is 3.17. The van der Waals surface area contributed by atoms with E-state index in [2.05, 4.69) is 0 Å². The number of ether oxygens (including phenoxy) is 1. The Labute approximate surface area is 175 Å². The Hall–Kier alpha value is -1.76. The molecule has 1 heterocycles. The number of rotatable bonds is 4. The first-order chi connectivity index (χ1) is 13.1. The van der Waals surface area contributed by atoms with Crippen LogP contribution in [0.3, 0.4) is 0 Å². The number of halogens is 2. The number of carbonyl (C=O) groups is 1. The number of amides is 1. The van der Waals surface area contributed by atoms with Crippen molar-refractivity contribution in [3.05, 3.63) is 57.1 Å². The van der Waals surface area contributed by atoms with Crippen molar-refractivity contribution in [3.63, 3.8) is 0 Å². The Bertz CT molecular complexity index is 1030. The zero-order valence-corrected chi connectivity index (χ0v) is 18.2. The molecule has 0 radical (unpaired) electrons. The number of carbonyl (C=O) groups excluding carboxylic acids is 1. The maximum absolute atomic E-state index is 13.3. The average Bonchev–Trinajstić information content (AvgIpc) is 2.63. The number of hydrogen-bond acceptors (Lipinski definition) is 4. The molecule has 0 saturated carbocycles. The lowest BCUT2D eigenvalue weighted by Crippen LogP contribution is -2.36. The van der Waals surface area contributed by atoms with Crippen LogP contribution in [0.5, 0.6) is 5.75 Å². The Morgan fingerprint density at radius 2 is 1.89 bits per heavy atom. The van der Waals surface area contributed by atoms with E-state index in [0.717, 1.165) is 17.4 Å². The lowest BCUT2D eigenvalue weighted by atomic mass is 9.99. The molecule has 2 aromatic rings. The van der Waals surface area contributed by atoms with E-state index in [1.807, 2.05) is 19.9 Å². The summed E-state index contributed by atoms with van der Waals surface area (Å²) in [6, 6.07) is 8.04. The first kappa shape index (κ1) is 21.0. The van der Waals surface area contributed by atoms with Gasteiger partial charge in [0.25, 0.3) is 5.91 Å². The molecule has 0 fully saturated rings. The summed E-state index contributed by atoms with van der Waals surface area (Å²) in [4.78, 5) is 15.0. The molecule has 2 aromatic carbocycles. The summed E-state index contributed by atoms with van der Waals surface area (Å²) >= 11 is 12.5. The van der Waals surface area contributed by atoms with Crippen LogP contribution >= 0.6 is 23.2 Å². The van der Waals surface area contributed by atoms with E-state index in [1.54, 1.807) is 11.0 Å². The fraction of sp³-hybridized carbons (Fsp3) is 0.350. The highest BCUT2D eigenvalue weighted by Crippen LogP contribution is 2.34. The van der Waals surface area contributed by atoms with Crippen LogP contribution in [0.2, 0.25) is 10.0 Å². The monoisotopic (exact) mass is 441 g/mol. The molecule has 0 aromatic heterocycles. The Morgan fingerprint density at radius 1 is 1.18 bits per heavy atom. The van der Waals surface area contributed by atoms with Crippen molar-refractivity contribution in [1.82, 2.24) is 4.90 Å². The van der Waals surface area contributed by atoms with Crippen LogP contribution in [0.4, 0.5) is 0 Å². The summed E-state index contributed by atoms with van der Waals surface area (Å²) in [5.74, 6) is 0.0539. The fourth-order valence-corrected chi connectivity index (χ4v) is 4.24. The van der Waals surface area contributed by atoms with Crippen molar-refractivity contribution in [1.29, 1.82) is 0 Å². The zero-order valence-electron chi connectivity index (χ0n) is 15.8. The molecule has 28 heavy (non-hydrogen) atoms. The van der Waals surface area contributed by atoms with Crippen LogP contribution in [-0.4, -0.2) is 38.1 Å². The van der Waals surface area contributed by atoms with E-state index in [4.69, 9.17) is 27.9 Å². The van der Waals surface area contributed by atoms with Crippen LogP contribution in [-0.2, 0) is 22.8 Å². The number of fused-ring (bicyclic) bond motifs is 1. The van der Waals surface area contributed by atoms with Gasteiger partial charge in [0.2, 0.25) is 0 Å². The quantitative estimate of drug-likeness (QED) is 0.705. The summed E-state index contributed by atoms with van der Waals surface area (Å²) in [7, 11) is -3.46. The first-order valence-electron chi connectivity index (χ1n) is 8.83. The third kappa shape index (κ3) is 4.29. The highest BCUT2D eigenvalue weighted by Gasteiger charge is 2.27. The number of sulfone groups is 1. The summed E-state index contributed by atoms with van der Waals surface area (Å²) in [5, 5.41) is 0.887. The zero-order chi connectivity index (χ0) is 20.6. The third-order valence-electron chi connectivity index (χ3n) is 4.55. The van der Waals surface area contributed by atoms with Crippen molar-refractivity contribution in [2.45, 2.75) is 37.8 Å². The molecule has 150 valence electrons. The number of benzene rings is 2. The molecule has 1 amide bonds.